The molecule has 104 valence electrons. The van der Waals surface area contributed by atoms with Crippen LogP contribution in [0.1, 0.15) is 63.5 Å². The maximum atomic E-state index is 11.0. The van der Waals surface area contributed by atoms with Gasteiger partial charge in [0.25, 0.3) is 0 Å². The second-order valence-corrected chi connectivity index (χ2v) is 6.76. The van der Waals surface area contributed by atoms with Crippen LogP contribution in [0, 0.1) is 5.92 Å². The van der Waals surface area contributed by atoms with E-state index in [0.717, 1.165) is 25.7 Å². The van der Waals surface area contributed by atoms with Crippen molar-refractivity contribution in [2.75, 3.05) is 0 Å². The van der Waals surface area contributed by atoms with E-state index in [2.05, 4.69) is 45.0 Å². The number of carboxylic acids is 1. The standard InChI is InChI=1S/C17H24O2/c1-17(2,3)15-10-8-13(9-11-15)12-4-6-14(7-5-12)16(18)19/h8-12,14H,4-7H2,1-3H3,(H,18,19). The molecule has 0 heterocycles. The van der Waals surface area contributed by atoms with Crippen molar-refractivity contribution in [1.29, 1.82) is 0 Å². The first kappa shape index (κ1) is 14.1. The summed E-state index contributed by atoms with van der Waals surface area (Å²) in [7, 11) is 0. The smallest absolute Gasteiger partial charge is 0.306 e. The zero-order chi connectivity index (χ0) is 14.0. The second-order valence-electron chi connectivity index (χ2n) is 6.76. The van der Waals surface area contributed by atoms with Crippen molar-refractivity contribution in [1.82, 2.24) is 0 Å². The van der Waals surface area contributed by atoms with Gasteiger partial charge in [0.05, 0.1) is 5.92 Å². The first-order chi connectivity index (χ1) is 8.88. The first-order valence-corrected chi connectivity index (χ1v) is 7.21. The van der Waals surface area contributed by atoms with Gasteiger partial charge in [-0.3, -0.25) is 4.79 Å². The largest absolute Gasteiger partial charge is 0.481 e. The maximum absolute atomic E-state index is 11.0. The van der Waals surface area contributed by atoms with Crippen LogP contribution in [0.25, 0.3) is 0 Å². The van der Waals surface area contributed by atoms with E-state index in [1.54, 1.807) is 0 Å². The van der Waals surface area contributed by atoms with Gasteiger partial charge in [0.15, 0.2) is 0 Å². The highest BCUT2D eigenvalue weighted by Gasteiger charge is 2.26. The lowest BCUT2D eigenvalue weighted by molar-refractivity contribution is -0.142. The van der Waals surface area contributed by atoms with E-state index >= 15 is 0 Å². The third-order valence-corrected chi connectivity index (χ3v) is 4.32. The number of carbonyl (C=O) groups is 1. The molecule has 1 aromatic rings. The lowest BCUT2D eigenvalue weighted by atomic mass is 9.78. The summed E-state index contributed by atoms with van der Waals surface area (Å²) in [4.78, 5) is 11.0. The molecule has 0 amide bonds. The van der Waals surface area contributed by atoms with Crippen LogP contribution in [0.15, 0.2) is 24.3 Å². The maximum Gasteiger partial charge on any atom is 0.306 e. The molecule has 0 aromatic heterocycles. The van der Waals surface area contributed by atoms with Crippen LogP contribution in [-0.4, -0.2) is 11.1 Å². The van der Waals surface area contributed by atoms with Crippen molar-refractivity contribution in [3.05, 3.63) is 35.4 Å². The summed E-state index contributed by atoms with van der Waals surface area (Å²) in [6, 6.07) is 8.90. The lowest BCUT2D eigenvalue weighted by Crippen LogP contribution is -2.20. The Morgan fingerprint density at radius 1 is 1.05 bits per heavy atom. The predicted molar refractivity (Wildman–Crippen MR) is 77.5 cm³/mol. The summed E-state index contributed by atoms with van der Waals surface area (Å²) < 4.78 is 0. The van der Waals surface area contributed by atoms with Gasteiger partial charge in [-0.15, -0.1) is 0 Å². The molecule has 1 N–H and O–H groups in total. The van der Waals surface area contributed by atoms with E-state index in [4.69, 9.17) is 5.11 Å². The number of hydrogen-bond acceptors (Lipinski definition) is 1. The fourth-order valence-corrected chi connectivity index (χ4v) is 2.93. The summed E-state index contributed by atoms with van der Waals surface area (Å²) in [5.41, 5.74) is 2.92. The Balaban J connectivity index is 2.02. The van der Waals surface area contributed by atoms with Crippen molar-refractivity contribution in [3.63, 3.8) is 0 Å². The summed E-state index contributed by atoms with van der Waals surface area (Å²) in [6.45, 7) is 6.67. The highest BCUT2D eigenvalue weighted by atomic mass is 16.4. The molecule has 0 saturated heterocycles. The minimum absolute atomic E-state index is 0.120. The molecule has 0 atom stereocenters. The normalized spacial score (nSPS) is 24.2. The van der Waals surface area contributed by atoms with Crippen molar-refractivity contribution >= 4 is 5.97 Å². The van der Waals surface area contributed by atoms with Gasteiger partial charge < -0.3 is 5.11 Å². The molecular formula is C17H24O2. The lowest BCUT2D eigenvalue weighted by Gasteiger charge is -2.27. The van der Waals surface area contributed by atoms with Crippen LogP contribution in [0.2, 0.25) is 0 Å². The van der Waals surface area contributed by atoms with Gasteiger partial charge in [0.2, 0.25) is 0 Å². The highest BCUT2D eigenvalue weighted by molar-refractivity contribution is 5.70. The second kappa shape index (κ2) is 5.36. The van der Waals surface area contributed by atoms with Crippen molar-refractivity contribution in [2.24, 2.45) is 5.92 Å². The van der Waals surface area contributed by atoms with E-state index < -0.39 is 5.97 Å². The third kappa shape index (κ3) is 3.37. The topological polar surface area (TPSA) is 37.3 Å². The van der Waals surface area contributed by atoms with Crippen molar-refractivity contribution in [2.45, 2.75) is 57.8 Å². The molecule has 0 spiro atoms. The summed E-state index contributed by atoms with van der Waals surface area (Å²) in [5, 5.41) is 9.02. The van der Waals surface area contributed by atoms with Crippen LogP contribution in [0.3, 0.4) is 0 Å². The molecule has 1 aliphatic carbocycles. The highest BCUT2D eigenvalue weighted by Crippen LogP contribution is 2.36. The Bertz CT molecular complexity index is 431. The Morgan fingerprint density at radius 2 is 1.58 bits per heavy atom. The van der Waals surface area contributed by atoms with Gasteiger partial charge in [0, 0.05) is 0 Å². The third-order valence-electron chi connectivity index (χ3n) is 4.32. The molecule has 1 aliphatic rings. The van der Waals surface area contributed by atoms with Crippen LogP contribution in [0.4, 0.5) is 0 Å². The fourth-order valence-electron chi connectivity index (χ4n) is 2.93. The van der Waals surface area contributed by atoms with Crippen LogP contribution in [0.5, 0.6) is 0 Å². The number of benzene rings is 1. The molecule has 0 aliphatic heterocycles. The van der Waals surface area contributed by atoms with E-state index in [9.17, 15) is 4.79 Å². The molecule has 0 radical (unpaired) electrons. The molecular weight excluding hydrogens is 236 g/mol. The Morgan fingerprint density at radius 3 is 2.00 bits per heavy atom. The predicted octanol–water partition coefficient (Wildman–Crippen LogP) is 4.34. The first-order valence-electron chi connectivity index (χ1n) is 7.21. The molecule has 2 heteroatoms. The van der Waals surface area contributed by atoms with Gasteiger partial charge in [-0.2, -0.15) is 0 Å². The monoisotopic (exact) mass is 260 g/mol. The minimum atomic E-state index is -0.624. The van der Waals surface area contributed by atoms with Crippen LogP contribution < -0.4 is 0 Å². The van der Waals surface area contributed by atoms with E-state index in [-0.39, 0.29) is 11.3 Å². The molecule has 1 saturated carbocycles. The number of hydrogen-bond donors (Lipinski definition) is 1. The van der Waals surface area contributed by atoms with Crippen molar-refractivity contribution in [3.8, 4) is 0 Å². The van der Waals surface area contributed by atoms with Gasteiger partial charge in [-0.05, 0) is 48.1 Å². The van der Waals surface area contributed by atoms with E-state index in [1.165, 1.54) is 11.1 Å². The van der Waals surface area contributed by atoms with Gasteiger partial charge >= 0.3 is 5.97 Å². The minimum Gasteiger partial charge on any atom is -0.481 e. The van der Waals surface area contributed by atoms with E-state index in [0.29, 0.717) is 5.92 Å². The molecule has 2 nitrogen and oxygen atoms in total. The van der Waals surface area contributed by atoms with Crippen LogP contribution >= 0.6 is 0 Å². The summed E-state index contributed by atoms with van der Waals surface area (Å²) >= 11 is 0. The molecule has 1 aromatic carbocycles. The molecule has 19 heavy (non-hydrogen) atoms. The van der Waals surface area contributed by atoms with Gasteiger partial charge in [-0.1, -0.05) is 45.0 Å². The average Bonchev–Trinajstić information content (AvgIpc) is 2.38. The number of aliphatic carboxylic acids is 1. The SMILES string of the molecule is CC(C)(C)c1ccc(C2CCC(C(=O)O)CC2)cc1. The molecule has 2 rings (SSSR count). The summed E-state index contributed by atoms with van der Waals surface area (Å²) in [6.07, 6.45) is 3.65. The fraction of sp³-hybridized carbons (Fsp3) is 0.588. The van der Waals surface area contributed by atoms with E-state index in [1.807, 2.05) is 0 Å². The number of carboxylic acid groups (broad SMARTS) is 1. The zero-order valence-electron chi connectivity index (χ0n) is 12.1. The van der Waals surface area contributed by atoms with Crippen molar-refractivity contribution < 1.29 is 9.90 Å². The Hall–Kier alpha value is -1.31. The van der Waals surface area contributed by atoms with Gasteiger partial charge in [0.1, 0.15) is 0 Å². The molecule has 0 bridgehead atoms. The van der Waals surface area contributed by atoms with Crippen LogP contribution in [-0.2, 0) is 10.2 Å². The molecule has 0 unspecified atom stereocenters. The Kier molecular flexibility index (Phi) is 3.98. The quantitative estimate of drug-likeness (QED) is 0.858. The molecule has 1 fully saturated rings. The average molecular weight is 260 g/mol. The summed E-state index contributed by atoms with van der Waals surface area (Å²) in [5.74, 6) is -0.198. The Labute approximate surface area is 115 Å². The number of rotatable bonds is 2. The zero-order valence-corrected chi connectivity index (χ0v) is 12.1. The van der Waals surface area contributed by atoms with Gasteiger partial charge in [-0.25, -0.2) is 0 Å².